The van der Waals surface area contributed by atoms with Crippen LogP contribution in [-0.2, 0) is 0 Å². The molecule has 0 amide bonds. The Balaban J connectivity index is 2.24. The van der Waals surface area contributed by atoms with Gasteiger partial charge < -0.3 is 0 Å². The first kappa shape index (κ1) is 11.0. The average Bonchev–Trinajstić information content (AvgIpc) is 2.39. The quantitative estimate of drug-likeness (QED) is 0.558. The van der Waals surface area contributed by atoms with Gasteiger partial charge in [-0.25, -0.2) is 0 Å². The molecule has 0 aliphatic rings. The SMILES string of the molecule is CC(C(=S)c1ccccc1)c1ccccc1. The molecule has 0 aliphatic heterocycles. The van der Waals surface area contributed by atoms with Gasteiger partial charge in [0, 0.05) is 10.8 Å². The minimum absolute atomic E-state index is 0.290. The predicted molar refractivity (Wildman–Crippen MR) is 73.0 cm³/mol. The third-order valence-corrected chi connectivity index (χ3v) is 3.34. The zero-order chi connectivity index (χ0) is 11.4. The molecule has 2 rings (SSSR count). The highest BCUT2D eigenvalue weighted by Crippen LogP contribution is 2.20. The van der Waals surface area contributed by atoms with Gasteiger partial charge in [0.05, 0.1) is 0 Å². The van der Waals surface area contributed by atoms with E-state index in [-0.39, 0.29) is 0 Å². The number of hydrogen-bond acceptors (Lipinski definition) is 1. The molecule has 0 heterocycles. The minimum Gasteiger partial charge on any atom is -0.0836 e. The van der Waals surface area contributed by atoms with E-state index in [9.17, 15) is 0 Å². The molecule has 0 aromatic heterocycles. The number of rotatable bonds is 3. The molecule has 0 fully saturated rings. The second-order valence-electron chi connectivity index (χ2n) is 3.86. The standard InChI is InChI=1S/C15H14S/c1-12(13-8-4-2-5-9-13)15(16)14-10-6-3-7-11-14/h2-12H,1H3. The van der Waals surface area contributed by atoms with E-state index >= 15 is 0 Å². The average molecular weight is 226 g/mol. The van der Waals surface area contributed by atoms with E-state index in [1.165, 1.54) is 5.56 Å². The third kappa shape index (κ3) is 2.37. The van der Waals surface area contributed by atoms with E-state index in [0.29, 0.717) is 5.92 Å². The second-order valence-corrected chi connectivity index (χ2v) is 4.30. The highest BCUT2D eigenvalue weighted by atomic mass is 32.1. The van der Waals surface area contributed by atoms with Gasteiger partial charge >= 0.3 is 0 Å². The lowest BCUT2D eigenvalue weighted by Crippen LogP contribution is -2.07. The first-order valence-corrected chi connectivity index (χ1v) is 5.84. The molecule has 0 nitrogen and oxygen atoms in total. The van der Waals surface area contributed by atoms with Crippen LogP contribution in [0.5, 0.6) is 0 Å². The molecule has 2 aromatic rings. The molecular weight excluding hydrogens is 212 g/mol. The molecule has 0 saturated heterocycles. The fourth-order valence-corrected chi connectivity index (χ4v) is 2.02. The van der Waals surface area contributed by atoms with Crippen molar-refractivity contribution in [3.8, 4) is 0 Å². The normalized spacial score (nSPS) is 12.1. The lowest BCUT2D eigenvalue weighted by Gasteiger charge is -2.13. The van der Waals surface area contributed by atoms with Crippen molar-refractivity contribution in [2.75, 3.05) is 0 Å². The largest absolute Gasteiger partial charge is 0.0836 e. The zero-order valence-electron chi connectivity index (χ0n) is 9.26. The minimum atomic E-state index is 0.290. The lowest BCUT2D eigenvalue weighted by atomic mass is 9.93. The van der Waals surface area contributed by atoms with Gasteiger partial charge in [-0.05, 0) is 11.1 Å². The molecule has 80 valence electrons. The monoisotopic (exact) mass is 226 g/mol. The van der Waals surface area contributed by atoms with Crippen molar-refractivity contribution in [1.82, 2.24) is 0 Å². The van der Waals surface area contributed by atoms with Gasteiger partial charge in [-0.15, -0.1) is 0 Å². The summed E-state index contributed by atoms with van der Waals surface area (Å²) in [4.78, 5) is 1.01. The van der Waals surface area contributed by atoms with Crippen LogP contribution in [0.3, 0.4) is 0 Å². The summed E-state index contributed by atoms with van der Waals surface area (Å²) >= 11 is 5.53. The highest BCUT2D eigenvalue weighted by Gasteiger charge is 2.11. The van der Waals surface area contributed by atoms with Crippen molar-refractivity contribution in [2.24, 2.45) is 0 Å². The summed E-state index contributed by atoms with van der Waals surface area (Å²) in [6.45, 7) is 2.16. The van der Waals surface area contributed by atoms with Gasteiger partial charge in [0.1, 0.15) is 0 Å². The van der Waals surface area contributed by atoms with Crippen LogP contribution in [0, 0.1) is 0 Å². The van der Waals surface area contributed by atoms with Crippen molar-refractivity contribution < 1.29 is 0 Å². The van der Waals surface area contributed by atoms with Crippen LogP contribution in [0.4, 0.5) is 0 Å². The Hall–Kier alpha value is -1.47. The van der Waals surface area contributed by atoms with Gasteiger partial charge in [-0.2, -0.15) is 0 Å². The Morgan fingerprint density at radius 2 is 1.38 bits per heavy atom. The van der Waals surface area contributed by atoms with Crippen LogP contribution in [0.15, 0.2) is 60.7 Å². The first-order valence-electron chi connectivity index (χ1n) is 5.43. The summed E-state index contributed by atoms with van der Waals surface area (Å²) in [5.41, 5.74) is 2.42. The molecule has 0 spiro atoms. The second kappa shape index (κ2) is 5.04. The maximum Gasteiger partial charge on any atom is 0.0296 e. The molecular formula is C15H14S. The van der Waals surface area contributed by atoms with Crippen LogP contribution < -0.4 is 0 Å². The molecule has 1 heteroatoms. The Morgan fingerprint density at radius 1 is 0.875 bits per heavy atom. The Kier molecular flexibility index (Phi) is 3.47. The lowest BCUT2D eigenvalue weighted by molar-refractivity contribution is 1.04. The van der Waals surface area contributed by atoms with Crippen LogP contribution in [-0.4, -0.2) is 4.86 Å². The summed E-state index contributed by atoms with van der Waals surface area (Å²) in [7, 11) is 0. The van der Waals surface area contributed by atoms with Crippen LogP contribution in [0.25, 0.3) is 0 Å². The van der Waals surface area contributed by atoms with Crippen molar-refractivity contribution >= 4 is 17.1 Å². The van der Waals surface area contributed by atoms with E-state index in [1.54, 1.807) is 0 Å². The summed E-state index contributed by atoms with van der Waals surface area (Å²) in [5.74, 6) is 0.290. The van der Waals surface area contributed by atoms with Gasteiger partial charge in [0.15, 0.2) is 0 Å². The molecule has 0 radical (unpaired) electrons. The Morgan fingerprint density at radius 3 is 1.94 bits per heavy atom. The van der Waals surface area contributed by atoms with Crippen molar-refractivity contribution in [3.05, 3.63) is 71.8 Å². The first-order chi connectivity index (χ1) is 7.79. The molecule has 16 heavy (non-hydrogen) atoms. The van der Waals surface area contributed by atoms with Crippen LogP contribution >= 0.6 is 12.2 Å². The summed E-state index contributed by atoms with van der Waals surface area (Å²) in [5, 5.41) is 0. The molecule has 2 aromatic carbocycles. The Bertz CT molecular complexity index is 459. The van der Waals surface area contributed by atoms with Crippen molar-refractivity contribution in [2.45, 2.75) is 12.8 Å². The van der Waals surface area contributed by atoms with E-state index in [1.807, 2.05) is 24.3 Å². The smallest absolute Gasteiger partial charge is 0.0296 e. The van der Waals surface area contributed by atoms with E-state index in [4.69, 9.17) is 12.2 Å². The zero-order valence-corrected chi connectivity index (χ0v) is 10.1. The van der Waals surface area contributed by atoms with E-state index in [0.717, 1.165) is 10.4 Å². The van der Waals surface area contributed by atoms with Gasteiger partial charge in [-0.1, -0.05) is 79.8 Å². The molecule has 1 atom stereocenters. The molecule has 0 aliphatic carbocycles. The van der Waals surface area contributed by atoms with E-state index < -0.39 is 0 Å². The van der Waals surface area contributed by atoms with Crippen LogP contribution in [0.2, 0.25) is 0 Å². The summed E-state index contributed by atoms with van der Waals surface area (Å²) < 4.78 is 0. The maximum absolute atomic E-state index is 5.53. The maximum atomic E-state index is 5.53. The number of thiocarbonyl (C=S) groups is 1. The Labute approximate surface area is 102 Å². The summed E-state index contributed by atoms with van der Waals surface area (Å²) in [6, 6.07) is 20.6. The fraction of sp³-hybridized carbons (Fsp3) is 0.133. The van der Waals surface area contributed by atoms with Gasteiger partial charge in [0.25, 0.3) is 0 Å². The molecule has 0 saturated carbocycles. The van der Waals surface area contributed by atoms with E-state index in [2.05, 4.69) is 43.3 Å². The van der Waals surface area contributed by atoms with Crippen molar-refractivity contribution in [3.63, 3.8) is 0 Å². The third-order valence-electron chi connectivity index (χ3n) is 2.75. The highest BCUT2D eigenvalue weighted by molar-refractivity contribution is 7.81. The number of benzene rings is 2. The predicted octanol–water partition coefficient (Wildman–Crippen LogP) is 4.21. The van der Waals surface area contributed by atoms with Crippen LogP contribution in [0.1, 0.15) is 24.0 Å². The topological polar surface area (TPSA) is 0 Å². The molecule has 0 bridgehead atoms. The summed E-state index contributed by atoms with van der Waals surface area (Å²) in [6.07, 6.45) is 0. The van der Waals surface area contributed by atoms with Crippen molar-refractivity contribution in [1.29, 1.82) is 0 Å². The molecule has 0 N–H and O–H groups in total. The molecule has 1 unspecified atom stereocenters. The fourth-order valence-electron chi connectivity index (χ4n) is 1.75. The van der Waals surface area contributed by atoms with Gasteiger partial charge in [0.2, 0.25) is 0 Å². The van der Waals surface area contributed by atoms with Gasteiger partial charge in [-0.3, -0.25) is 0 Å². The number of hydrogen-bond donors (Lipinski definition) is 0.